The van der Waals surface area contributed by atoms with Crippen LogP contribution >= 0.6 is 23.4 Å². The molecule has 1 unspecified atom stereocenters. The van der Waals surface area contributed by atoms with E-state index in [1.54, 1.807) is 16.4 Å². The van der Waals surface area contributed by atoms with E-state index in [9.17, 15) is 4.79 Å². The molecule has 1 aliphatic heterocycles. The minimum Gasteiger partial charge on any atom is -0.489 e. The number of ether oxygens (including phenoxy) is 2. The Morgan fingerprint density at radius 3 is 2.65 bits per heavy atom. The normalized spacial score (nSPS) is 14.4. The highest BCUT2D eigenvalue weighted by Gasteiger charge is 2.35. The lowest BCUT2D eigenvalue weighted by Gasteiger charge is -2.28. The molecule has 0 radical (unpaired) electrons. The fourth-order valence-electron chi connectivity index (χ4n) is 4.42. The molecule has 0 saturated carbocycles. The first kappa shape index (κ1) is 27.8. The van der Waals surface area contributed by atoms with Crippen LogP contribution < -0.4 is 10.1 Å². The van der Waals surface area contributed by atoms with E-state index in [1.807, 2.05) is 85.8 Å². The van der Waals surface area contributed by atoms with Crippen molar-refractivity contribution in [1.29, 1.82) is 0 Å². The second kappa shape index (κ2) is 13.1. The van der Waals surface area contributed by atoms with Crippen molar-refractivity contribution in [2.45, 2.75) is 51.1 Å². The largest absolute Gasteiger partial charge is 0.489 e. The van der Waals surface area contributed by atoms with Crippen LogP contribution in [-0.4, -0.2) is 26.5 Å². The number of allylic oxidation sites excluding steroid dienone is 1. The van der Waals surface area contributed by atoms with Gasteiger partial charge in [-0.05, 0) is 42.7 Å². The SMILES string of the molecule is CCCCSc1nc2n(n1)C(c1cccc(OCc3ccccc3Cl)c1)C(C(=O)OCc1ccccc1)=C(C)N2. The molecular weight excluding hydrogens is 544 g/mol. The molecule has 7 nitrogen and oxygen atoms in total. The predicted octanol–water partition coefficient (Wildman–Crippen LogP) is 7.44. The molecule has 9 heteroatoms. The Morgan fingerprint density at radius 2 is 1.85 bits per heavy atom. The monoisotopic (exact) mass is 574 g/mol. The van der Waals surface area contributed by atoms with Crippen molar-refractivity contribution in [3.05, 3.63) is 112 Å². The first-order valence-electron chi connectivity index (χ1n) is 13.3. The Balaban J connectivity index is 1.45. The highest BCUT2D eigenvalue weighted by atomic mass is 35.5. The average Bonchev–Trinajstić information content (AvgIpc) is 3.37. The Hall–Kier alpha value is -3.75. The molecular formula is C31H31ClN4O3S. The second-order valence-electron chi connectivity index (χ2n) is 9.45. The molecule has 40 heavy (non-hydrogen) atoms. The van der Waals surface area contributed by atoms with Gasteiger partial charge in [0.1, 0.15) is 25.0 Å². The van der Waals surface area contributed by atoms with Crippen molar-refractivity contribution in [3.63, 3.8) is 0 Å². The number of benzene rings is 3. The third-order valence-corrected chi connectivity index (χ3v) is 7.81. The first-order valence-corrected chi connectivity index (χ1v) is 14.6. The van der Waals surface area contributed by atoms with Crippen molar-refractivity contribution in [2.24, 2.45) is 0 Å². The number of carbonyl (C=O) groups excluding carboxylic acids is 1. The molecule has 4 aromatic rings. The quantitative estimate of drug-likeness (QED) is 0.113. The Morgan fingerprint density at radius 1 is 1.05 bits per heavy atom. The number of nitrogens with one attached hydrogen (secondary N) is 1. The Bertz CT molecular complexity index is 1510. The van der Waals surface area contributed by atoms with E-state index >= 15 is 0 Å². The molecule has 0 saturated heterocycles. The zero-order valence-electron chi connectivity index (χ0n) is 22.5. The summed E-state index contributed by atoms with van der Waals surface area (Å²) < 4.78 is 13.7. The van der Waals surface area contributed by atoms with Crippen LogP contribution in [0.3, 0.4) is 0 Å². The second-order valence-corrected chi connectivity index (χ2v) is 10.9. The van der Waals surface area contributed by atoms with Gasteiger partial charge < -0.3 is 14.8 Å². The van der Waals surface area contributed by atoms with Crippen molar-refractivity contribution < 1.29 is 14.3 Å². The molecule has 2 heterocycles. The maximum Gasteiger partial charge on any atom is 0.338 e. The van der Waals surface area contributed by atoms with Gasteiger partial charge in [0, 0.05) is 22.0 Å². The van der Waals surface area contributed by atoms with Gasteiger partial charge in [-0.2, -0.15) is 4.98 Å². The summed E-state index contributed by atoms with van der Waals surface area (Å²) in [6, 6.07) is 24.4. The van der Waals surface area contributed by atoms with Crippen molar-refractivity contribution >= 4 is 35.3 Å². The average molecular weight is 575 g/mol. The number of unbranched alkanes of at least 4 members (excludes halogenated alkanes) is 1. The lowest BCUT2D eigenvalue weighted by atomic mass is 9.95. The van der Waals surface area contributed by atoms with Crippen LogP contribution in [0.1, 0.15) is 49.4 Å². The van der Waals surface area contributed by atoms with E-state index in [0.29, 0.717) is 39.8 Å². The van der Waals surface area contributed by atoms with Gasteiger partial charge in [-0.15, -0.1) is 5.10 Å². The van der Waals surface area contributed by atoms with Crippen molar-refractivity contribution in [1.82, 2.24) is 14.8 Å². The minimum atomic E-state index is -0.545. The fraction of sp³-hybridized carbons (Fsp3) is 0.258. The molecule has 1 aliphatic rings. The number of fused-ring (bicyclic) bond motifs is 1. The van der Waals surface area contributed by atoms with Gasteiger partial charge in [0.25, 0.3) is 0 Å². The van der Waals surface area contributed by atoms with E-state index in [-0.39, 0.29) is 6.61 Å². The third kappa shape index (κ3) is 6.51. The molecule has 0 fully saturated rings. The summed E-state index contributed by atoms with van der Waals surface area (Å²) in [6.07, 6.45) is 2.17. The van der Waals surface area contributed by atoms with Crippen molar-refractivity contribution in [3.8, 4) is 5.75 Å². The van der Waals surface area contributed by atoms with Gasteiger partial charge in [0.2, 0.25) is 11.1 Å². The lowest BCUT2D eigenvalue weighted by molar-refractivity contribution is -0.140. The van der Waals surface area contributed by atoms with Crippen LogP contribution in [0.4, 0.5) is 5.95 Å². The van der Waals surface area contributed by atoms with E-state index in [2.05, 4.69) is 12.2 Å². The molecule has 1 N–H and O–H groups in total. The first-order chi connectivity index (χ1) is 19.5. The van der Waals surface area contributed by atoms with Crippen LogP contribution in [0.2, 0.25) is 5.02 Å². The smallest absolute Gasteiger partial charge is 0.338 e. The molecule has 1 atom stereocenters. The highest BCUT2D eigenvalue weighted by Crippen LogP contribution is 2.38. The van der Waals surface area contributed by atoms with Gasteiger partial charge in [0.05, 0.1) is 5.57 Å². The van der Waals surface area contributed by atoms with Crippen molar-refractivity contribution in [2.75, 3.05) is 11.1 Å². The molecule has 3 aromatic carbocycles. The summed E-state index contributed by atoms with van der Waals surface area (Å²) in [6.45, 7) is 4.52. The van der Waals surface area contributed by atoms with Gasteiger partial charge in [0.15, 0.2) is 0 Å². The topological polar surface area (TPSA) is 78.3 Å². The number of thioether (sulfide) groups is 1. The summed E-state index contributed by atoms with van der Waals surface area (Å²) in [5.41, 5.74) is 3.79. The molecule has 0 amide bonds. The number of halogens is 1. The maximum absolute atomic E-state index is 13.6. The molecule has 0 aliphatic carbocycles. The number of esters is 1. The Labute approximate surface area is 243 Å². The van der Waals surface area contributed by atoms with E-state index < -0.39 is 12.0 Å². The minimum absolute atomic E-state index is 0.173. The summed E-state index contributed by atoms with van der Waals surface area (Å²) >= 11 is 7.94. The number of aromatic nitrogens is 3. The summed E-state index contributed by atoms with van der Waals surface area (Å²) in [7, 11) is 0. The number of anilines is 1. The van der Waals surface area contributed by atoms with Crippen LogP contribution in [-0.2, 0) is 22.7 Å². The lowest BCUT2D eigenvalue weighted by Crippen LogP contribution is -2.29. The zero-order valence-corrected chi connectivity index (χ0v) is 24.0. The fourth-order valence-corrected chi connectivity index (χ4v) is 5.53. The predicted molar refractivity (Wildman–Crippen MR) is 159 cm³/mol. The number of hydrogen-bond acceptors (Lipinski definition) is 7. The molecule has 206 valence electrons. The number of carbonyl (C=O) groups is 1. The van der Waals surface area contributed by atoms with E-state index in [1.165, 1.54) is 0 Å². The van der Waals surface area contributed by atoms with Gasteiger partial charge >= 0.3 is 5.97 Å². The van der Waals surface area contributed by atoms with E-state index in [0.717, 1.165) is 35.3 Å². The van der Waals surface area contributed by atoms with Gasteiger partial charge in [-0.25, -0.2) is 9.48 Å². The molecule has 0 bridgehead atoms. The number of rotatable bonds is 11. The van der Waals surface area contributed by atoms with Crippen LogP contribution in [0, 0.1) is 0 Å². The van der Waals surface area contributed by atoms with Crippen LogP contribution in [0.25, 0.3) is 0 Å². The van der Waals surface area contributed by atoms with Gasteiger partial charge in [-0.3, -0.25) is 0 Å². The summed E-state index contributed by atoms with van der Waals surface area (Å²) in [5.74, 6) is 1.75. The van der Waals surface area contributed by atoms with Gasteiger partial charge in [-0.1, -0.05) is 97.4 Å². The Kier molecular flexibility index (Phi) is 9.08. The zero-order chi connectivity index (χ0) is 27.9. The van der Waals surface area contributed by atoms with E-state index in [4.69, 9.17) is 31.2 Å². The summed E-state index contributed by atoms with van der Waals surface area (Å²) in [4.78, 5) is 18.3. The number of nitrogens with zero attached hydrogens (tertiary/aromatic N) is 3. The summed E-state index contributed by atoms with van der Waals surface area (Å²) in [5, 5.41) is 9.40. The molecule has 5 rings (SSSR count). The maximum atomic E-state index is 13.6. The molecule has 1 aromatic heterocycles. The number of hydrogen-bond donors (Lipinski definition) is 1. The standard InChI is InChI=1S/C31H31ClN4O3S/c1-3-4-17-40-31-34-30-33-21(2)27(29(37)39-19-22-11-6-5-7-12-22)28(36(30)35-31)23-14-10-15-25(18-23)38-20-24-13-8-9-16-26(24)32/h5-16,18,28H,3-4,17,19-20H2,1-2H3,(H,33,34,35). The highest BCUT2D eigenvalue weighted by molar-refractivity contribution is 7.99. The third-order valence-electron chi connectivity index (χ3n) is 6.52. The van der Waals surface area contributed by atoms with Crippen LogP contribution in [0.15, 0.2) is 95.3 Å². The molecule has 0 spiro atoms. The van der Waals surface area contributed by atoms with Crippen LogP contribution in [0.5, 0.6) is 5.75 Å².